The smallest absolute Gasteiger partial charge is 0.278 e. The third kappa shape index (κ3) is 2.57. The zero-order valence-electron chi connectivity index (χ0n) is 12.2. The molecule has 0 aliphatic carbocycles. The molecule has 1 aromatic carbocycles. The molecule has 2 aromatic rings. The van der Waals surface area contributed by atoms with Crippen molar-refractivity contribution in [3.8, 4) is 5.75 Å². The molecule has 0 saturated carbocycles. The number of hydrogen-bond donors (Lipinski definition) is 0. The number of halogens is 1. The lowest BCUT2D eigenvalue weighted by Gasteiger charge is -2.13. The average Bonchev–Trinajstić information content (AvgIpc) is 3.06. The summed E-state index contributed by atoms with van der Waals surface area (Å²) in [5.41, 5.74) is 1.82. The number of fused-ring (bicyclic) bond motifs is 1. The summed E-state index contributed by atoms with van der Waals surface area (Å²) < 4.78 is 32.6. The minimum atomic E-state index is -3.66. The van der Waals surface area contributed by atoms with Gasteiger partial charge < -0.3 is 4.74 Å². The lowest BCUT2D eigenvalue weighted by molar-refractivity contribution is 0.351. The van der Waals surface area contributed by atoms with Crippen LogP contribution in [0.1, 0.15) is 11.1 Å². The molecule has 9 heteroatoms. The van der Waals surface area contributed by atoms with E-state index in [0.29, 0.717) is 11.6 Å². The van der Waals surface area contributed by atoms with Crippen molar-refractivity contribution in [1.29, 1.82) is 0 Å². The summed E-state index contributed by atoms with van der Waals surface area (Å²) in [4.78, 5) is 3.87. The molecule has 0 fully saturated rings. The van der Waals surface area contributed by atoms with Crippen molar-refractivity contribution in [3.05, 3.63) is 34.6 Å². The maximum atomic E-state index is 12.3. The number of nitrogens with zero attached hydrogens (tertiary/aromatic N) is 4. The molecular formula is C13H15ClN4O3S. The molecule has 7 nitrogen and oxygen atoms in total. The van der Waals surface area contributed by atoms with E-state index in [1.807, 2.05) is 6.07 Å². The molecule has 0 amide bonds. The Kier molecular flexibility index (Phi) is 3.84. The Hall–Kier alpha value is -1.64. The Morgan fingerprint density at radius 1 is 1.41 bits per heavy atom. The van der Waals surface area contributed by atoms with Crippen LogP contribution in [0, 0.1) is 0 Å². The molecule has 0 unspecified atom stereocenters. The van der Waals surface area contributed by atoms with Crippen molar-refractivity contribution in [3.63, 3.8) is 0 Å². The van der Waals surface area contributed by atoms with Crippen molar-refractivity contribution in [2.45, 2.75) is 18.1 Å². The second kappa shape index (κ2) is 5.53. The number of benzene rings is 1. The van der Waals surface area contributed by atoms with Crippen molar-refractivity contribution >= 4 is 21.6 Å². The van der Waals surface area contributed by atoms with Gasteiger partial charge in [0.15, 0.2) is 0 Å². The van der Waals surface area contributed by atoms with E-state index in [-0.39, 0.29) is 11.7 Å². The molecule has 0 atom stereocenters. The second-order valence-corrected chi connectivity index (χ2v) is 7.62. The highest BCUT2D eigenvalue weighted by Crippen LogP contribution is 2.33. The van der Waals surface area contributed by atoms with E-state index in [1.54, 1.807) is 6.07 Å². The van der Waals surface area contributed by atoms with Gasteiger partial charge in [-0.1, -0.05) is 11.6 Å². The topological polar surface area (TPSA) is 77.3 Å². The van der Waals surface area contributed by atoms with Crippen LogP contribution in [0.5, 0.6) is 5.75 Å². The van der Waals surface area contributed by atoms with Gasteiger partial charge >= 0.3 is 0 Å². The van der Waals surface area contributed by atoms with E-state index in [1.165, 1.54) is 25.1 Å². The van der Waals surface area contributed by atoms with Crippen molar-refractivity contribution in [1.82, 2.24) is 19.1 Å². The van der Waals surface area contributed by atoms with E-state index >= 15 is 0 Å². The summed E-state index contributed by atoms with van der Waals surface area (Å²) in [7, 11) is -0.754. The fourth-order valence-electron chi connectivity index (χ4n) is 2.35. The summed E-state index contributed by atoms with van der Waals surface area (Å²) >= 11 is 6.12. The van der Waals surface area contributed by atoms with E-state index in [0.717, 1.165) is 27.6 Å². The van der Waals surface area contributed by atoms with Gasteiger partial charge in [-0.3, -0.25) is 0 Å². The highest BCUT2D eigenvalue weighted by molar-refractivity contribution is 7.88. The van der Waals surface area contributed by atoms with Gasteiger partial charge in [0.1, 0.15) is 12.1 Å². The quantitative estimate of drug-likeness (QED) is 0.833. The first-order valence-electron chi connectivity index (χ1n) is 6.64. The van der Waals surface area contributed by atoms with Crippen LogP contribution >= 0.6 is 11.6 Å². The van der Waals surface area contributed by atoms with Crippen LogP contribution in [0.25, 0.3) is 0 Å². The van der Waals surface area contributed by atoms with Crippen LogP contribution < -0.4 is 4.74 Å². The third-order valence-electron chi connectivity index (χ3n) is 3.44. The number of hydrogen-bond acceptors (Lipinski definition) is 5. The molecule has 3 rings (SSSR count). The Morgan fingerprint density at radius 2 is 2.18 bits per heavy atom. The van der Waals surface area contributed by atoms with Gasteiger partial charge in [0.25, 0.3) is 15.2 Å². The minimum Gasteiger partial charge on any atom is -0.493 e. The van der Waals surface area contributed by atoms with Crippen molar-refractivity contribution < 1.29 is 13.2 Å². The Bertz CT molecular complexity index is 817. The summed E-state index contributed by atoms with van der Waals surface area (Å²) in [6.07, 6.45) is 2.02. The molecule has 1 aromatic heterocycles. The maximum absolute atomic E-state index is 12.3. The number of aromatic nitrogens is 3. The summed E-state index contributed by atoms with van der Waals surface area (Å²) in [5, 5.41) is 4.50. The van der Waals surface area contributed by atoms with Gasteiger partial charge in [0.05, 0.1) is 13.2 Å². The fourth-order valence-corrected chi connectivity index (χ4v) is 3.50. The van der Waals surface area contributed by atoms with Crippen LogP contribution in [0.3, 0.4) is 0 Å². The molecule has 1 aliphatic rings. The first-order valence-corrected chi connectivity index (χ1v) is 8.46. The van der Waals surface area contributed by atoms with Gasteiger partial charge in [-0.05, 0) is 17.7 Å². The minimum absolute atomic E-state index is 0.107. The number of rotatable bonds is 4. The molecule has 0 bridgehead atoms. The molecule has 0 spiro atoms. The highest BCUT2D eigenvalue weighted by atomic mass is 35.5. The van der Waals surface area contributed by atoms with E-state index in [9.17, 15) is 8.42 Å². The average molecular weight is 343 g/mol. The lowest BCUT2D eigenvalue weighted by Crippen LogP contribution is -2.26. The number of ether oxygens (including phenoxy) is 1. The fraction of sp³-hybridized carbons (Fsp3) is 0.385. The monoisotopic (exact) mass is 342 g/mol. The largest absolute Gasteiger partial charge is 0.493 e. The Morgan fingerprint density at radius 3 is 2.91 bits per heavy atom. The normalized spacial score (nSPS) is 14.2. The molecule has 118 valence electrons. The third-order valence-corrected chi connectivity index (χ3v) is 5.39. The van der Waals surface area contributed by atoms with E-state index in [4.69, 9.17) is 16.3 Å². The van der Waals surface area contributed by atoms with Crippen LogP contribution in [-0.4, -0.2) is 48.2 Å². The van der Waals surface area contributed by atoms with Gasteiger partial charge in [-0.25, -0.2) is 22.4 Å². The summed E-state index contributed by atoms with van der Waals surface area (Å²) in [6, 6.07) is 3.63. The van der Waals surface area contributed by atoms with E-state index < -0.39 is 10.0 Å². The van der Waals surface area contributed by atoms with Gasteiger partial charge in [0, 0.05) is 31.1 Å². The summed E-state index contributed by atoms with van der Waals surface area (Å²) in [5.74, 6) is 0.758. The van der Waals surface area contributed by atoms with Crippen LogP contribution in [0.4, 0.5) is 0 Å². The zero-order chi connectivity index (χ0) is 15.9. The Labute approximate surface area is 133 Å². The first kappa shape index (κ1) is 15.3. The van der Waals surface area contributed by atoms with Crippen LogP contribution in [0.15, 0.2) is 23.6 Å². The highest BCUT2D eigenvalue weighted by Gasteiger charge is 2.25. The second-order valence-electron chi connectivity index (χ2n) is 5.14. The van der Waals surface area contributed by atoms with E-state index in [2.05, 4.69) is 10.1 Å². The zero-order valence-corrected chi connectivity index (χ0v) is 13.7. The molecule has 0 radical (unpaired) electrons. The standard InChI is InChI=1S/C13H15ClN4O3S/c1-17(2)22(19,20)13-15-8-16-18(13)7-10-6-11(14)5-9-3-4-21-12(9)10/h5-6,8H,3-4,7H2,1-2H3. The molecule has 0 saturated heterocycles. The SMILES string of the molecule is CN(C)S(=O)(=O)c1ncnn1Cc1cc(Cl)cc2c1OCC2. The lowest BCUT2D eigenvalue weighted by atomic mass is 10.1. The van der Waals surface area contributed by atoms with Gasteiger partial charge in [-0.2, -0.15) is 5.10 Å². The summed E-state index contributed by atoms with van der Waals surface area (Å²) in [6.45, 7) is 0.828. The van der Waals surface area contributed by atoms with Crippen molar-refractivity contribution in [2.75, 3.05) is 20.7 Å². The molecule has 1 aliphatic heterocycles. The van der Waals surface area contributed by atoms with Gasteiger partial charge in [-0.15, -0.1) is 0 Å². The predicted molar refractivity (Wildman–Crippen MR) is 80.6 cm³/mol. The molecule has 2 heterocycles. The predicted octanol–water partition coefficient (Wildman–Crippen LogP) is 1.16. The maximum Gasteiger partial charge on any atom is 0.278 e. The molecular weight excluding hydrogens is 328 g/mol. The Balaban J connectivity index is 2.02. The van der Waals surface area contributed by atoms with Crippen LogP contribution in [0.2, 0.25) is 5.02 Å². The van der Waals surface area contributed by atoms with Crippen molar-refractivity contribution in [2.24, 2.45) is 0 Å². The van der Waals surface area contributed by atoms with Gasteiger partial charge in [0.2, 0.25) is 0 Å². The van der Waals surface area contributed by atoms with Crippen LogP contribution in [-0.2, 0) is 23.0 Å². The number of sulfonamides is 1. The molecule has 22 heavy (non-hydrogen) atoms. The first-order chi connectivity index (χ1) is 10.4. The molecule has 0 N–H and O–H groups in total.